The van der Waals surface area contributed by atoms with E-state index in [1.54, 1.807) is 0 Å². The summed E-state index contributed by atoms with van der Waals surface area (Å²) >= 11 is 0. The average molecular weight is 291 g/mol. The van der Waals surface area contributed by atoms with E-state index in [0.29, 0.717) is 6.04 Å². The Morgan fingerprint density at radius 3 is 2.24 bits per heavy atom. The summed E-state index contributed by atoms with van der Waals surface area (Å²) in [4.78, 5) is 0. The molecule has 0 aromatic heterocycles. The van der Waals surface area contributed by atoms with Gasteiger partial charge in [0.05, 0.1) is 0 Å². The molecular weight excluding hydrogens is 258 g/mol. The van der Waals surface area contributed by atoms with E-state index in [2.05, 4.69) is 64.2 Å². The standard InChI is InChI=1S/C19H33NO/c1-6-9-17(20-14-7-2)15-21-18-12-10-16(11-13-18)19(4,5)8-3/h10-13,17,20H,6-9,14-15H2,1-5H3. The zero-order chi connectivity index (χ0) is 15.7. The summed E-state index contributed by atoms with van der Waals surface area (Å²) in [6.07, 6.45) is 4.67. The van der Waals surface area contributed by atoms with Crippen LogP contribution in [0.15, 0.2) is 24.3 Å². The van der Waals surface area contributed by atoms with Crippen LogP contribution >= 0.6 is 0 Å². The van der Waals surface area contributed by atoms with Gasteiger partial charge in [0.2, 0.25) is 0 Å². The number of benzene rings is 1. The van der Waals surface area contributed by atoms with Crippen LogP contribution in [0.1, 0.15) is 65.9 Å². The molecule has 0 amide bonds. The molecule has 0 aliphatic carbocycles. The molecule has 0 spiro atoms. The third-order valence-corrected chi connectivity index (χ3v) is 4.29. The Hall–Kier alpha value is -1.02. The normalized spacial score (nSPS) is 13.2. The number of nitrogens with one attached hydrogen (secondary N) is 1. The highest BCUT2D eigenvalue weighted by atomic mass is 16.5. The molecule has 1 N–H and O–H groups in total. The number of ether oxygens (including phenoxy) is 1. The van der Waals surface area contributed by atoms with E-state index in [-0.39, 0.29) is 5.41 Å². The minimum Gasteiger partial charge on any atom is -0.492 e. The van der Waals surface area contributed by atoms with Crippen LogP contribution in [0.5, 0.6) is 5.75 Å². The van der Waals surface area contributed by atoms with Gasteiger partial charge in [-0.3, -0.25) is 0 Å². The van der Waals surface area contributed by atoms with Crippen molar-refractivity contribution in [1.82, 2.24) is 5.32 Å². The van der Waals surface area contributed by atoms with Crippen LogP contribution in [-0.2, 0) is 5.41 Å². The summed E-state index contributed by atoms with van der Waals surface area (Å²) < 4.78 is 5.96. The van der Waals surface area contributed by atoms with Crippen molar-refractivity contribution in [2.75, 3.05) is 13.2 Å². The number of rotatable bonds is 10. The topological polar surface area (TPSA) is 21.3 Å². The van der Waals surface area contributed by atoms with E-state index >= 15 is 0 Å². The molecule has 2 heteroatoms. The molecule has 21 heavy (non-hydrogen) atoms. The number of hydrogen-bond donors (Lipinski definition) is 1. The zero-order valence-corrected chi connectivity index (χ0v) is 14.5. The maximum Gasteiger partial charge on any atom is 0.119 e. The second kappa shape index (κ2) is 9.09. The van der Waals surface area contributed by atoms with Crippen molar-refractivity contribution in [2.24, 2.45) is 0 Å². The van der Waals surface area contributed by atoms with E-state index in [1.165, 1.54) is 24.8 Å². The van der Waals surface area contributed by atoms with Gasteiger partial charge in [-0.05, 0) is 48.9 Å². The maximum atomic E-state index is 5.96. The Labute approximate surface area is 131 Å². The lowest BCUT2D eigenvalue weighted by molar-refractivity contribution is 0.255. The average Bonchev–Trinajstić information content (AvgIpc) is 2.50. The van der Waals surface area contributed by atoms with Gasteiger partial charge in [0, 0.05) is 6.04 Å². The third kappa shape index (κ3) is 6.09. The second-order valence-corrected chi connectivity index (χ2v) is 6.51. The van der Waals surface area contributed by atoms with Gasteiger partial charge in [0.1, 0.15) is 12.4 Å². The quantitative estimate of drug-likeness (QED) is 0.660. The molecule has 0 bridgehead atoms. The summed E-state index contributed by atoms with van der Waals surface area (Å²) in [5.41, 5.74) is 1.62. The van der Waals surface area contributed by atoms with E-state index in [4.69, 9.17) is 4.74 Å². The Morgan fingerprint density at radius 2 is 1.71 bits per heavy atom. The van der Waals surface area contributed by atoms with Gasteiger partial charge in [-0.25, -0.2) is 0 Å². The molecule has 0 radical (unpaired) electrons. The summed E-state index contributed by atoms with van der Waals surface area (Å²) in [6.45, 7) is 13.1. The Bertz CT molecular complexity index is 383. The molecule has 0 aliphatic rings. The molecule has 0 saturated heterocycles. The largest absolute Gasteiger partial charge is 0.492 e. The molecule has 0 saturated carbocycles. The lowest BCUT2D eigenvalue weighted by Crippen LogP contribution is -2.35. The fourth-order valence-electron chi connectivity index (χ4n) is 2.34. The molecule has 0 aliphatic heterocycles. The van der Waals surface area contributed by atoms with Gasteiger partial charge in [0.25, 0.3) is 0 Å². The lowest BCUT2D eigenvalue weighted by atomic mass is 9.82. The van der Waals surface area contributed by atoms with Crippen LogP contribution in [-0.4, -0.2) is 19.2 Å². The van der Waals surface area contributed by atoms with Gasteiger partial charge >= 0.3 is 0 Å². The highest BCUT2D eigenvalue weighted by Gasteiger charge is 2.17. The van der Waals surface area contributed by atoms with Crippen molar-refractivity contribution in [3.8, 4) is 5.75 Å². The monoisotopic (exact) mass is 291 g/mol. The predicted molar refractivity (Wildman–Crippen MR) is 92.2 cm³/mol. The summed E-state index contributed by atoms with van der Waals surface area (Å²) in [7, 11) is 0. The van der Waals surface area contributed by atoms with Gasteiger partial charge in [-0.15, -0.1) is 0 Å². The fourth-order valence-corrected chi connectivity index (χ4v) is 2.34. The van der Waals surface area contributed by atoms with Crippen molar-refractivity contribution in [2.45, 2.75) is 71.8 Å². The van der Waals surface area contributed by atoms with E-state index in [1.807, 2.05) is 0 Å². The van der Waals surface area contributed by atoms with Crippen LogP contribution in [0, 0.1) is 0 Å². The Balaban J connectivity index is 2.54. The zero-order valence-electron chi connectivity index (χ0n) is 14.5. The van der Waals surface area contributed by atoms with Crippen molar-refractivity contribution < 1.29 is 4.74 Å². The van der Waals surface area contributed by atoms with Crippen LogP contribution in [0.4, 0.5) is 0 Å². The Kier molecular flexibility index (Phi) is 7.81. The molecule has 0 heterocycles. The highest BCUT2D eigenvalue weighted by molar-refractivity contribution is 5.31. The van der Waals surface area contributed by atoms with E-state index in [9.17, 15) is 0 Å². The fraction of sp³-hybridized carbons (Fsp3) is 0.684. The van der Waals surface area contributed by atoms with Crippen molar-refractivity contribution in [3.63, 3.8) is 0 Å². The van der Waals surface area contributed by atoms with Crippen LogP contribution in [0.3, 0.4) is 0 Å². The predicted octanol–water partition coefficient (Wildman–Crippen LogP) is 4.92. The van der Waals surface area contributed by atoms with Crippen LogP contribution in [0.25, 0.3) is 0 Å². The number of hydrogen-bond acceptors (Lipinski definition) is 2. The molecule has 0 fully saturated rings. The van der Waals surface area contributed by atoms with Crippen molar-refractivity contribution >= 4 is 0 Å². The molecule has 1 rings (SSSR count). The first kappa shape index (κ1) is 18.0. The van der Waals surface area contributed by atoms with Gasteiger partial charge in [0.15, 0.2) is 0 Å². The summed E-state index contributed by atoms with van der Waals surface area (Å²) in [5.74, 6) is 0.977. The smallest absolute Gasteiger partial charge is 0.119 e. The summed E-state index contributed by atoms with van der Waals surface area (Å²) in [6, 6.07) is 9.08. The van der Waals surface area contributed by atoms with Gasteiger partial charge < -0.3 is 10.1 Å². The molecule has 1 atom stereocenters. The van der Waals surface area contributed by atoms with Crippen LogP contribution in [0.2, 0.25) is 0 Å². The van der Waals surface area contributed by atoms with E-state index in [0.717, 1.165) is 25.3 Å². The van der Waals surface area contributed by atoms with Crippen LogP contribution < -0.4 is 10.1 Å². The minimum absolute atomic E-state index is 0.242. The van der Waals surface area contributed by atoms with Gasteiger partial charge in [-0.1, -0.05) is 53.2 Å². The molecular formula is C19H33NO. The highest BCUT2D eigenvalue weighted by Crippen LogP contribution is 2.28. The second-order valence-electron chi connectivity index (χ2n) is 6.51. The first-order chi connectivity index (χ1) is 10.0. The van der Waals surface area contributed by atoms with Crippen molar-refractivity contribution in [3.05, 3.63) is 29.8 Å². The minimum atomic E-state index is 0.242. The van der Waals surface area contributed by atoms with E-state index < -0.39 is 0 Å². The van der Waals surface area contributed by atoms with Gasteiger partial charge in [-0.2, -0.15) is 0 Å². The molecule has 1 unspecified atom stereocenters. The maximum absolute atomic E-state index is 5.96. The van der Waals surface area contributed by atoms with Crippen molar-refractivity contribution in [1.29, 1.82) is 0 Å². The molecule has 120 valence electrons. The first-order valence-electron chi connectivity index (χ1n) is 8.50. The Morgan fingerprint density at radius 1 is 1.05 bits per heavy atom. The molecule has 1 aromatic rings. The molecule has 1 aromatic carbocycles. The SMILES string of the molecule is CCCNC(CCC)COc1ccc(C(C)(C)CC)cc1. The summed E-state index contributed by atoms with van der Waals surface area (Å²) in [5, 5.41) is 3.56. The lowest BCUT2D eigenvalue weighted by Gasteiger charge is -2.24. The first-order valence-corrected chi connectivity index (χ1v) is 8.50. The molecule has 2 nitrogen and oxygen atoms in total. The third-order valence-electron chi connectivity index (χ3n) is 4.29.